The van der Waals surface area contributed by atoms with E-state index in [9.17, 15) is 0 Å². The number of halogens is 1. The van der Waals surface area contributed by atoms with E-state index in [2.05, 4.69) is 21.8 Å². The Hall–Kier alpha value is -0.860. The van der Waals surface area contributed by atoms with Crippen molar-refractivity contribution in [1.82, 2.24) is 4.98 Å². The topological polar surface area (TPSA) is 12.9 Å². The monoisotopic (exact) mass is 209 g/mol. The number of aromatic nitrogens is 1. The predicted molar refractivity (Wildman–Crippen MR) is 57.1 cm³/mol. The molecule has 2 aromatic rings. The highest BCUT2D eigenvalue weighted by Gasteiger charge is 1.99. The molecule has 2 rings (SSSR count). The molecule has 0 unspecified atom stereocenters. The highest BCUT2D eigenvalue weighted by Crippen LogP contribution is 2.22. The summed E-state index contributed by atoms with van der Waals surface area (Å²) in [6.45, 7) is 0. The van der Waals surface area contributed by atoms with Crippen LogP contribution in [0.3, 0.4) is 0 Å². The molecule has 2 heterocycles. The molecule has 13 heavy (non-hydrogen) atoms. The number of thiophene rings is 1. The van der Waals surface area contributed by atoms with Crippen molar-refractivity contribution in [2.24, 2.45) is 0 Å². The Morgan fingerprint density at radius 1 is 1.31 bits per heavy atom. The molecular formula is C10H8ClNS. The van der Waals surface area contributed by atoms with Gasteiger partial charge in [0.05, 0.1) is 11.6 Å². The maximum Gasteiger partial charge on any atom is 0.0647 e. The van der Waals surface area contributed by atoms with Gasteiger partial charge in [-0.3, -0.25) is 4.98 Å². The van der Waals surface area contributed by atoms with Gasteiger partial charge in [-0.15, -0.1) is 11.6 Å². The SMILES string of the molecule is ClCc1cc(-c2ccsc2)ccn1. The normalized spacial score (nSPS) is 10.2. The highest BCUT2D eigenvalue weighted by molar-refractivity contribution is 7.08. The van der Waals surface area contributed by atoms with E-state index in [-0.39, 0.29) is 0 Å². The first-order valence-electron chi connectivity index (χ1n) is 3.93. The van der Waals surface area contributed by atoms with E-state index in [0.717, 1.165) is 5.69 Å². The predicted octanol–water partition coefficient (Wildman–Crippen LogP) is 3.55. The molecule has 66 valence electrons. The van der Waals surface area contributed by atoms with Crippen LogP contribution in [0.15, 0.2) is 35.2 Å². The molecule has 3 heteroatoms. The molecule has 0 amide bonds. The lowest BCUT2D eigenvalue weighted by molar-refractivity contribution is 1.17. The summed E-state index contributed by atoms with van der Waals surface area (Å²) >= 11 is 7.39. The fourth-order valence-electron chi connectivity index (χ4n) is 1.16. The molecule has 2 aromatic heterocycles. The lowest BCUT2D eigenvalue weighted by atomic mass is 10.1. The summed E-state index contributed by atoms with van der Waals surface area (Å²) in [7, 11) is 0. The zero-order chi connectivity index (χ0) is 9.10. The number of hydrogen-bond acceptors (Lipinski definition) is 2. The summed E-state index contributed by atoms with van der Waals surface area (Å²) in [6.07, 6.45) is 1.80. The highest BCUT2D eigenvalue weighted by atomic mass is 35.5. The molecule has 0 aliphatic rings. The third kappa shape index (κ3) is 1.90. The van der Waals surface area contributed by atoms with Gasteiger partial charge in [0.15, 0.2) is 0 Å². The Morgan fingerprint density at radius 3 is 2.92 bits per heavy atom. The van der Waals surface area contributed by atoms with Crippen molar-refractivity contribution in [2.45, 2.75) is 5.88 Å². The van der Waals surface area contributed by atoms with Crippen LogP contribution in [0.5, 0.6) is 0 Å². The molecule has 0 radical (unpaired) electrons. The van der Waals surface area contributed by atoms with Crippen molar-refractivity contribution in [3.63, 3.8) is 0 Å². The molecule has 0 spiro atoms. The fraction of sp³-hybridized carbons (Fsp3) is 0.100. The van der Waals surface area contributed by atoms with Crippen LogP contribution in [0, 0.1) is 0 Å². The molecule has 0 saturated carbocycles. The summed E-state index contributed by atoms with van der Waals surface area (Å²) in [5.74, 6) is 0.470. The van der Waals surface area contributed by atoms with Crippen molar-refractivity contribution in [1.29, 1.82) is 0 Å². The van der Waals surface area contributed by atoms with Crippen molar-refractivity contribution >= 4 is 22.9 Å². The largest absolute Gasteiger partial charge is 0.260 e. The molecule has 0 atom stereocenters. The second kappa shape index (κ2) is 3.90. The van der Waals surface area contributed by atoms with Gasteiger partial charge in [0.25, 0.3) is 0 Å². The van der Waals surface area contributed by atoms with Gasteiger partial charge in [-0.2, -0.15) is 11.3 Å². The van der Waals surface area contributed by atoms with Crippen molar-refractivity contribution in [3.8, 4) is 11.1 Å². The van der Waals surface area contributed by atoms with Gasteiger partial charge in [-0.1, -0.05) is 0 Å². The molecule has 0 aliphatic carbocycles. The Kier molecular flexibility index (Phi) is 2.62. The first kappa shape index (κ1) is 8.73. The molecule has 0 bridgehead atoms. The van der Waals surface area contributed by atoms with E-state index >= 15 is 0 Å². The lowest BCUT2D eigenvalue weighted by Crippen LogP contribution is -1.84. The van der Waals surface area contributed by atoms with Crippen LogP contribution in [0.25, 0.3) is 11.1 Å². The van der Waals surface area contributed by atoms with Gasteiger partial charge in [-0.05, 0) is 40.1 Å². The van der Waals surface area contributed by atoms with Crippen LogP contribution in [-0.4, -0.2) is 4.98 Å². The Morgan fingerprint density at radius 2 is 2.23 bits per heavy atom. The smallest absolute Gasteiger partial charge is 0.0647 e. The van der Waals surface area contributed by atoms with Gasteiger partial charge >= 0.3 is 0 Å². The van der Waals surface area contributed by atoms with E-state index in [0.29, 0.717) is 5.88 Å². The summed E-state index contributed by atoms with van der Waals surface area (Å²) in [5.41, 5.74) is 3.34. The Labute approximate surface area is 86.0 Å². The van der Waals surface area contributed by atoms with Crippen LogP contribution in [-0.2, 0) is 5.88 Å². The number of pyridine rings is 1. The maximum absolute atomic E-state index is 5.70. The maximum atomic E-state index is 5.70. The average molecular weight is 210 g/mol. The van der Waals surface area contributed by atoms with E-state index in [1.807, 2.05) is 12.1 Å². The quantitative estimate of drug-likeness (QED) is 0.690. The van der Waals surface area contributed by atoms with Crippen LogP contribution in [0.2, 0.25) is 0 Å². The second-order valence-electron chi connectivity index (χ2n) is 2.68. The van der Waals surface area contributed by atoms with Crippen LogP contribution >= 0.6 is 22.9 Å². The lowest BCUT2D eigenvalue weighted by Gasteiger charge is -1.98. The zero-order valence-electron chi connectivity index (χ0n) is 6.90. The molecular weight excluding hydrogens is 202 g/mol. The molecule has 0 fully saturated rings. The number of nitrogens with zero attached hydrogens (tertiary/aromatic N) is 1. The van der Waals surface area contributed by atoms with E-state index < -0.39 is 0 Å². The number of rotatable bonds is 2. The van der Waals surface area contributed by atoms with E-state index in [4.69, 9.17) is 11.6 Å². The molecule has 0 aliphatic heterocycles. The van der Waals surface area contributed by atoms with Crippen LogP contribution < -0.4 is 0 Å². The van der Waals surface area contributed by atoms with Gasteiger partial charge in [0.1, 0.15) is 0 Å². The third-order valence-electron chi connectivity index (χ3n) is 1.81. The Bertz CT molecular complexity index is 384. The first-order valence-corrected chi connectivity index (χ1v) is 5.41. The van der Waals surface area contributed by atoms with Gasteiger partial charge in [0.2, 0.25) is 0 Å². The number of hydrogen-bond donors (Lipinski definition) is 0. The second-order valence-corrected chi connectivity index (χ2v) is 3.73. The summed E-state index contributed by atoms with van der Waals surface area (Å²) in [5, 5.41) is 4.18. The molecule has 0 N–H and O–H groups in total. The fourth-order valence-corrected chi connectivity index (χ4v) is 1.97. The summed E-state index contributed by atoms with van der Waals surface area (Å²) in [6, 6.07) is 6.12. The standard InChI is InChI=1S/C10H8ClNS/c11-6-10-5-8(1-3-12-10)9-2-4-13-7-9/h1-5,7H,6H2. The molecule has 0 aromatic carbocycles. The van der Waals surface area contributed by atoms with Crippen LogP contribution in [0.4, 0.5) is 0 Å². The van der Waals surface area contributed by atoms with E-state index in [1.54, 1.807) is 17.5 Å². The Balaban J connectivity index is 2.41. The molecule has 0 saturated heterocycles. The minimum Gasteiger partial charge on any atom is -0.260 e. The van der Waals surface area contributed by atoms with Gasteiger partial charge in [-0.25, -0.2) is 0 Å². The zero-order valence-corrected chi connectivity index (χ0v) is 8.48. The van der Waals surface area contributed by atoms with E-state index in [1.165, 1.54) is 11.1 Å². The third-order valence-corrected chi connectivity index (χ3v) is 2.77. The summed E-state index contributed by atoms with van der Waals surface area (Å²) < 4.78 is 0. The molecule has 1 nitrogen and oxygen atoms in total. The minimum atomic E-state index is 0.470. The van der Waals surface area contributed by atoms with Crippen molar-refractivity contribution < 1.29 is 0 Å². The van der Waals surface area contributed by atoms with Crippen LogP contribution in [0.1, 0.15) is 5.69 Å². The van der Waals surface area contributed by atoms with Gasteiger partial charge < -0.3 is 0 Å². The van der Waals surface area contributed by atoms with Crippen molar-refractivity contribution in [2.75, 3.05) is 0 Å². The van der Waals surface area contributed by atoms with Gasteiger partial charge in [0, 0.05) is 6.20 Å². The summed E-state index contributed by atoms with van der Waals surface area (Å²) in [4.78, 5) is 4.14. The first-order chi connectivity index (χ1) is 6.40. The van der Waals surface area contributed by atoms with Crippen molar-refractivity contribution in [3.05, 3.63) is 40.8 Å². The number of alkyl halides is 1. The minimum absolute atomic E-state index is 0.470. The average Bonchev–Trinajstić information content (AvgIpc) is 2.71.